The standard InChI is InChI=1S/C16H18O2/c1-2-10-6-5-9-13-14(10)16(18)12-8-4-3-7-11(12)15(13)17/h3-4,7-8,10,13-14H,2,5-6,9H2,1H3. The molecule has 3 atom stereocenters. The van der Waals surface area contributed by atoms with Crippen LogP contribution in [0.2, 0.25) is 0 Å². The first-order valence-corrected chi connectivity index (χ1v) is 6.91. The summed E-state index contributed by atoms with van der Waals surface area (Å²) in [6.07, 6.45) is 4.07. The molecule has 3 rings (SSSR count). The number of fused-ring (bicyclic) bond motifs is 2. The zero-order valence-electron chi connectivity index (χ0n) is 10.7. The number of Topliss-reactive ketones (excluding diaryl/α,β-unsaturated/α-hetero) is 2. The van der Waals surface area contributed by atoms with E-state index in [4.69, 9.17) is 0 Å². The Kier molecular flexibility index (Phi) is 2.81. The fourth-order valence-corrected chi connectivity index (χ4v) is 3.73. The molecule has 1 aromatic rings. The first-order chi connectivity index (χ1) is 8.74. The first kappa shape index (κ1) is 11.6. The van der Waals surface area contributed by atoms with Gasteiger partial charge in [-0.2, -0.15) is 0 Å². The fraction of sp³-hybridized carbons (Fsp3) is 0.500. The van der Waals surface area contributed by atoms with Gasteiger partial charge in [0.25, 0.3) is 0 Å². The Balaban J connectivity index is 2.10. The second-order valence-corrected chi connectivity index (χ2v) is 5.51. The van der Waals surface area contributed by atoms with Crippen LogP contribution >= 0.6 is 0 Å². The fourth-order valence-electron chi connectivity index (χ4n) is 3.73. The summed E-state index contributed by atoms with van der Waals surface area (Å²) in [5, 5.41) is 0. The molecule has 0 bridgehead atoms. The molecule has 0 N–H and O–H groups in total. The normalized spacial score (nSPS) is 30.8. The minimum absolute atomic E-state index is 0.0499. The van der Waals surface area contributed by atoms with Crippen molar-refractivity contribution in [2.45, 2.75) is 32.6 Å². The largest absolute Gasteiger partial charge is 0.294 e. The molecule has 2 nitrogen and oxygen atoms in total. The van der Waals surface area contributed by atoms with Crippen LogP contribution in [-0.4, -0.2) is 11.6 Å². The SMILES string of the molecule is CCC1CCCC2C(=O)c3ccccc3C(=O)C12. The summed E-state index contributed by atoms with van der Waals surface area (Å²) in [5.74, 6) is 0.709. The van der Waals surface area contributed by atoms with Crippen LogP contribution in [0.3, 0.4) is 0 Å². The van der Waals surface area contributed by atoms with Crippen molar-refractivity contribution in [3.05, 3.63) is 35.4 Å². The third kappa shape index (κ3) is 1.55. The molecule has 1 aromatic carbocycles. The molecular weight excluding hydrogens is 224 g/mol. The Morgan fingerprint density at radius 2 is 1.72 bits per heavy atom. The summed E-state index contributed by atoms with van der Waals surface area (Å²) in [5.41, 5.74) is 1.31. The lowest BCUT2D eigenvalue weighted by Crippen LogP contribution is -2.43. The van der Waals surface area contributed by atoms with Gasteiger partial charge in [0.1, 0.15) is 0 Å². The molecule has 0 heterocycles. The predicted octanol–water partition coefficient (Wildman–Crippen LogP) is 3.51. The molecule has 0 spiro atoms. The Labute approximate surface area is 107 Å². The summed E-state index contributed by atoms with van der Waals surface area (Å²) >= 11 is 0. The third-order valence-corrected chi connectivity index (χ3v) is 4.65. The first-order valence-electron chi connectivity index (χ1n) is 6.91. The van der Waals surface area contributed by atoms with E-state index in [9.17, 15) is 9.59 Å². The number of rotatable bonds is 1. The van der Waals surface area contributed by atoms with E-state index in [0.717, 1.165) is 25.7 Å². The summed E-state index contributed by atoms with van der Waals surface area (Å²) in [6.45, 7) is 2.13. The van der Waals surface area contributed by atoms with Gasteiger partial charge in [-0.25, -0.2) is 0 Å². The molecule has 18 heavy (non-hydrogen) atoms. The van der Waals surface area contributed by atoms with Crippen LogP contribution in [0.15, 0.2) is 24.3 Å². The van der Waals surface area contributed by atoms with Crippen LogP contribution in [0, 0.1) is 17.8 Å². The van der Waals surface area contributed by atoms with Crippen LogP contribution in [0.4, 0.5) is 0 Å². The predicted molar refractivity (Wildman–Crippen MR) is 69.7 cm³/mol. The van der Waals surface area contributed by atoms with Crippen molar-refractivity contribution in [3.8, 4) is 0 Å². The van der Waals surface area contributed by atoms with Crippen LogP contribution < -0.4 is 0 Å². The maximum Gasteiger partial charge on any atom is 0.167 e. The van der Waals surface area contributed by atoms with Crippen molar-refractivity contribution >= 4 is 11.6 Å². The highest BCUT2D eigenvalue weighted by Gasteiger charge is 2.45. The van der Waals surface area contributed by atoms with E-state index in [1.54, 1.807) is 6.07 Å². The average Bonchev–Trinajstić information content (AvgIpc) is 2.44. The van der Waals surface area contributed by atoms with Gasteiger partial charge >= 0.3 is 0 Å². The number of ketones is 2. The molecule has 3 unspecified atom stereocenters. The molecule has 1 saturated carbocycles. The van der Waals surface area contributed by atoms with E-state index in [2.05, 4.69) is 6.92 Å². The molecule has 2 aliphatic rings. The third-order valence-electron chi connectivity index (χ3n) is 4.65. The van der Waals surface area contributed by atoms with E-state index in [1.165, 1.54) is 0 Å². The van der Waals surface area contributed by atoms with Gasteiger partial charge in [0.05, 0.1) is 0 Å². The van der Waals surface area contributed by atoms with E-state index in [-0.39, 0.29) is 23.4 Å². The molecule has 0 aromatic heterocycles. The minimum Gasteiger partial charge on any atom is -0.294 e. The summed E-state index contributed by atoms with van der Waals surface area (Å²) < 4.78 is 0. The van der Waals surface area contributed by atoms with Crippen molar-refractivity contribution in [2.75, 3.05) is 0 Å². The van der Waals surface area contributed by atoms with Crippen molar-refractivity contribution in [3.63, 3.8) is 0 Å². The zero-order chi connectivity index (χ0) is 12.7. The maximum atomic E-state index is 12.6. The quantitative estimate of drug-likeness (QED) is 0.755. The van der Waals surface area contributed by atoms with Crippen molar-refractivity contribution in [2.24, 2.45) is 17.8 Å². The lowest BCUT2D eigenvalue weighted by Gasteiger charge is -2.39. The van der Waals surface area contributed by atoms with Crippen molar-refractivity contribution < 1.29 is 9.59 Å². The van der Waals surface area contributed by atoms with Gasteiger partial charge < -0.3 is 0 Å². The van der Waals surface area contributed by atoms with E-state index >= 15 is 0 Å². The monoisotopic (exact) mass is 242 g/mol. The second kappa shape index (κ2) is 4.34. The molecule has 2 heteroatoms. The Morgan fingerprint density at radius 1 is 1.06 bits per heavy atom. The van der Waals surface area contributed by atoms with Crippen molar-refractivity contribution in [1.29, 1.82) is 0 Å². The smallest absolute Gasteiger partial charge is 0.167 e. The zero-order valence-corrected chi connectivity index (χ0v) is 10.7. The molecule has 0 amide bonds. The number of carbonyl (C=O) groups excluding carboxylic acids is 2. The lowest BCUT2D eigenvalue weighted by molar-refractivity contribution is 0.0573. The topological polar surface area (TPSA) is 34.1 Å². The van der Waals surface area contributed by atoms with Crippen LogP contribution in [0.1, 0.15) is 53.3 Å². The second-order valence-electron chi connectivity index (χ2n) is 5.51. The van der Waals surface area contributed by atoms with Gasteiger partial charge in [-0.3, -0.25) is 9.59 Å². The summed E-state index contributed by atoms with van der Waals surface area (Å²) in [7, 11) is 0. The van der Waals surface area contributed by atoms with Gasteiger partial charge in [-0.05, 0) is 18.8 Å². The van der Waals surface area contributed by atoms with Gasteiger partial charge in [-0.15, -0.1) is 0 Å². The van der Waals surface area contributed by atoms with E-state index in [0.29, 0.717) is 17.0 Å². The van der Waals surface area contributed by atoms with Gasteiger partial charge in [0.15, 0.2) is 11.6 Å². The Morgan fingerprint density at radius 3 is 2.39 bits per heavy atom. The highest BCUT2D eigenvalue weighted by molar-refractivity contribution is 6.16. The van der Waals surface area contributed by atoms with Crippen LogP contribution in [0.5, 0.6) is 0 Å². The molecular formula is C16H18O2. The number of carbonyl (C=O) groups is 2. The molecule has 0 aliphatic heterocycles. The van der Waals surface area contributed by atoms with Gasteiger partial charge in [-0.1, -0.05) is 44.0 Å². The Hall–Kier alpha value is -1.44. The van der Waals surface area contributed by atoms with Crippen molar-refractivity contribution in [1.82, 2.24) is 0 Å². The minimum atomic E-state index is -0.0499. The Bertz CT molecular complexity index is 504. The highest BCUT2D eigenvalue weighted by atomic mass is 16.1. The number of hydrogen-bond acceptors (Lipinski definition) is 2. The van der Waals surface area contributed by atoms with Crippen LogP contribution in [-0.2, 0) is 0 Å². The number of benzene rings is 1. The van der Waals surface area contributed by atoms with Crippen LogP contribution in [0.25, 0.3) is 0 Å². The molecule has 1 fully saturated rings. The van der Waals surface area contributed by atoms with E-state index < -0.39 is 0 Å². The van der Waals surface area contributed by atoms with Gasteiger partial charge in [0, 0.05) is 23.0 Å². The summed E-state index contributed by atoms with van der Waals surface area (Å²) in [4.78, 5) is 25.1. The molecule has 2 aliphatic carbocycles. The lowest BCUT2D eigenvalue weighted by atomic mass is 9.62. The number of hydrogen-bond donors (Lipinski definition) is 0. The highest BCUT2D eigenvalue weighted by Crippen LogP contribution is 2.43. The molecule has 0 saturated heterocycles. The van der Waals surface area contributed by atoms with E-state index in [1.807, 2.05) is 18.2 Å². The average molecular weight is 242 g/mol. The summed E-state index contributed by atoms with van der Waals surface area (Å²) in [6, 6.07) is 7.33. The van der Waals surface area contributed by atoms with Gasteiger partial charge in [0.2, 0.25) is 0 Å². The maximum absolute atomic E-state index is 12.6. The molecule has 94 valence electrons. The molecule has 0 radical (unpaired) electrons.